The Morgan fingerprint density at radius 1 is 0.846 bits per heavy atom. The van der Waals surface area contributed by atoms with Crippen molar-refractivity contribution in [1.29, 1.82) is 0 Å². The van der Waals surface area contributed by atoms with Gasteiger partial charge in [0.15, 0.2) is 5.13 Å². The summed E-state index contributed by atoms with van der Waals surface area (Å²) in [6, 6.07) is 21.5. The standard InChI is InChI=1S/C30H36N4O3S2/c1-5-23-14-19-27-28(22-23)38-30(31-27)33(21-20-32(6-2)7-3)29(35)24-15-17-26(18-16-24)39(36,37)34(8-4)25-12-10-9-11-13-25/h9-19,22H,5-8,20-21H2,1-4H3. The van der Waals surface area contributed by atoms with Crippen LogP contribution in [0.5, 0.6) is 0 Å². The first-order chi connectivity index (χ1) is 18.8. The largest absolute Gasteiger partial charge is 0.302 e. The fourth-order valence-corrected chi connectivity index (χ4v) is 7.02. The number of nitrogens with zero attached hydrogens (tertiary/aromatic N) is 4. The fourth-order valence-electron chi connectivity index (χ4n) is 4.50. The lowest BCUT2D eigenvalue weighted by atomic mass is 10.2. The number of likely N-dealkylation sites (N-methyl/N-ethyl adjacent to an activating group) is 1. The molecule has 0 radical (unpaired) electrons. The number of amides is 1. The molecule has 0 spiro atoms. The van der Waals surface area contributed by atoms with Crippen LogP contribution in [0.3, 0.4) is 0 Å². The third-order valence-electron chi connectivity index (χ3n) is 6.88. The van der Waals surface area contributed by atoms with Gasteiger partial charge in [0, 0.05) is 25.2 Å². The van der Waals surface area contributed by atoms with E-state index in [0.717, 1.165) is 29.7 Å². The Balaban J connectivity index is 1.65. The minimum absolute atomic E-state index is 0.145. The van der Waals surface area contributed by atoms with E-state index in [1.54, 1.807) is 36.1 Å². The van der Waals surface area contributed by atoms with Crippen LogP contribution < -0.4 is 9.21 Å². The Bertz CT molecular complexity index is 1500. The summed E-state index contributed by atoms with van der Waals surface area (Å²) in [5, 5.41) is 0.647. The molecule has 0 aliphatic rings. The summed E-state index contributed by atoms with van der Waals surface area (Å²) in [7, 11) is -3.78. The summed E-state index contributed by atoms with van der Waals surface area (Å²) in [5.41, 5.74) is 3.12. The van der Waals surface area contributed by atoms with Gasteiger partial charge in [-0.3, -0.25) is 14.0 Å². The summed E-state index contributed by atoms with van der Waals surface area (Å²) in [5.74, 6) is -0.198. The van der Waals surface area contributed by atoms with Gasteiger partial charge in [-0.05, 0) is 80.5 Å². The van der Waals surface area contributed by atoms with E-state index in [2.05, 4.69) is 37.8 Å². The molecule has 0 saturated heterocycles. The first-order valence-electron chi connectivity index (χ1n) is 13.4. The highest BCUT2D eigenvalue weighted by Crippen LogP contribution is 2.31. The predicted molar refractivity (Wildman–Crippen MR) is 162 cm³/mol. The van der Waals surface area contributed by atoms with Crippen LogP contribution in [0.2, 0.25) is 0 Å². The number of carbonyl (C=O) groups is 1. The van der Waals surface area contributed by atoms with Crippen molar-refractivity contribution in [2.24, 2.45) is 0 Å². The van der Waals surface area contributed by atoms with Crippen LogP contribution in [0.25, 0.3) is 10.2 Å². The first kappa shape index (κ1) is 28.7. The van der Waals surface area contributed by atoms with Gasteiger partial charge in [-0.1, -0.05) is 56.4 Å². The minimum Gasteiger partial charge on any atom is -0.302 e. The van der Waals surface area contributed by atoms with E-state index >= 15 is 0 Å². The van der Waals surface area contributed by atoms with Crippen molar-refractivity contribution in [3.63, 3.8) is 0 Å². The van der Waals surface area contributed by atoms with Crippen LogP contribution in [0.4, 0.5) is 10.8 Å². The lowest BCUT2D eigenvalue weighted by Gasteiger charge is -2.25. The number of benzene rings is 3. The topological polar surface area (TPSA) is 73.8 Å². The summed E-state index contributed by atoms with van der Waals surface area (Å²) in [6.07, 6.45) is 0.933. The molecule has 1 heterocycles. The van der Waals surface area contributed by atoms with Gasteiger partial charge in [-0.25, -0.2) is 13.4 Å². The Morgan fingerprint density at radius 2 is 1.54 bits per heavy atom. The molecule has 0 aliphatic heterocycles. The zero-order chi connectivity index (χ0) is 28.0. The number of thiazole rings is 1. The van der Waals surface area contributed by atoms with Crippen LogP contribution >= 0.6 is 11.3 Å². The van der Waals surface area contributed by atoms with Crippen LogP contribution in [0.15, 0.2) is 77.7 Å². The number of fused-ring (bicyclic) bond motifs is 1. The highest BCUT2D eigenvalue weighted by molar-refractivity contribution is 7.92. The average Bonchev–Trinajstić information content (AvgIpc) is 3.39. The van der Waals surface area contributed by atoms with E-state index in [1.165, 1.54) is 33.3 Å². The number of para-hydroxylation sites is 1. The number of anilines is 2. The Kier molecular flexibility index (Phi) is 9.37. The van der Waals surface area contributed by atoms with E-state index in [0.29, 0.717) is 36.0 Å². The van der Waals surface area contributed by atoms with E-state index in [9.17, 15) is 13.2 Å². The average molecular weight is 565 g/mol. The van der Waals surface area contributed by atoms with Crippen molar-refractivity contribution >= 4 is 48.3 Å². The maximum atomic E-state index is 13.8. The summed E-state index contributed by atoms with van der Waals surface area (Å²) in [4.78, 5) is 22.7. The van der Waals surface area contributed by atoms with Gasteiger partial charge in [0.25, 0.3) is 15.9 Å². The molecular weight excluding hydrogens is 528 g/mol. The van der Waals surface area contributed by atoms with Crippen molar-refractivity contribution < 1.29 is 13.2 Å². The lowest BCUT2D eigenvalue weighted by molar-refractivity contribution is 0.0983. The molecule has 9 heteroatoms. The molecule has 0 aliphatic carbocycles. The molecule has 7 nitrogen and oxygen atoms in total. The van der Waals surface area contributed by atoms with Gasteiger partial charge in [-0.15, -0.1) is 0 Å². The second-order valence-corrected chi connectivity index (χ2v) is 12.0. The highest BCUT2D eigenvalue weighted by atomic mass is 32.2. The van der Waals surface area contributed by atoms with Crippen molar-refractivity contribution in [2.75, 3.05) is 41.9 Å². The number of hydrogen-bond acceptors (Lipinski definition) is 6. The first-order valence-corrected chi connectivity index (χ1v) is 15.7. The van der Waals surface area contributed by atoms with E-state index in [4.69, 9.17) is 4.98 Å². The second-order valence-electron chi connectivity index (χ2n) is 9.17. The van der Waals surface area contributed by atoms with Crippen molar-refractivity contribution in [3.8, 4) is 0 Å². The van der Waals surface area contributed by atoms with Crippen molar-refractivity contribution in [2.45, 2.75) is 39.0 Å². The number of aromatic nitrogens is 1. The van der Waals surface area contributed by atoms with E-state index in [1.807, 2.05) is 24.3 Å². The summed E-state index contributed by atoms with van der Waals surface area (Å²) in [6.45, 7) is 11.4. The minimum atomic E-state index is -3.78. The van der Waals surface area contributed by atoms with Crippen LogP contribution in [0, 0.1) is 0 Å². The highest BCUT2D eigenvalue weighted by Gasteiger charge is 2.26. The quantitative estimate of drug-likeness (QED) is 0.209. The molecule has 0 bridgehead atoms. The lowest BCUT2D eigenvalue weighted by Crippen LogP contribution is -2.39. The Labute approximate surface area is 235 Å². The van der Waals surface area contributed by atoms with Gasteiger partial charge >= 0.3 is 0 Å². The fraction of sp³-hybridized carbons (Fsp3) is 0.333. The number of rotatable bonds is 12. The molecule has 0 fully saturated rings. The zero-order valence-corrected chi connectivity index (χ0v) is 24.6. The normalized spacial score (nSPS) is 11.7. The SMILES string of the molecule is CCc1ccc2nc(N(CCN(CC)CC)C(=O)c3ccc(S(=O)(=O)N(CC)c4ccccc4)cc3)sc2c1. The number of aryl methyl sites for hydroxylation is 1. The second kappa shape index (κ2) is 12.7. The van der Waals surface area contributed by atoms with E-state index in [-0.39, 0.29) is 10.8 Å². The van der Waals surface area contributed by atoms with Crippen LogP contribution in [-0.4, -0.2) is 56.9 Å². The molecule has 0 unspecified atom stereocenters. The Morgan fingerprint density at radius 3 is 2.15 bits per heavy atom. The molecule has 4 aromatic rings. The maximum Gasteiger partial charge on any atom is 0.264 e. The zero-order valence-electron chi connectivity index (χ0n) is 23.0. The molecule has 39 heavy (non-hydrogen) atoms. The van der Waals surface area contributed by atoms with Gasteiger partial charge in [0.2, 0.25) is 0 Å². The van der Waals surface area contributed by atoms with Gasteiger partial charge in [-0.2, -0.15) is 0 Å². The molecule has 3 aromatic carbocycles. The Hall–Kier alpha value is -3.27. The molecule has 4 rings (SSSR count). The van der Waals surface area contributed by atoms with Gasteiger partial charge < -0.3 is 4.90 Å². The number of hydrogen-bond donors (Lipinski definition) is 0. The predicted octanol–water partition coefficient (Wildman–Crippen LogP) is 6.06. The number of carbonyl (C=O) groups excluding carboxylic acids is 1. The molecular formula is C30H36N4O3S2. The maximum absolute atomic E-state index is 13.8. The van der Waals surface area contributed by atoms with Crippen molar-refractivity contribution in [3.05, 3.63) is 83.9 Å². The number of sulfonamides is 1. The summed E-state index contributed by atoms with van der Waals surface area (Å²) >= 11 is 1.51. The monoisotopic (exact) mass is 564 g/mol. The smallest absolute Gasteiger partial charge is 0.264 e. The molecule has 0 atom stereocenters. The molecule has 1 aromatic heterocycles. The van der Waals surface area contributed by atoms with Crippen LogP contribution in [-0.2, 0) is 16.4 Å². The van der Waals surface area contributed by atoms with Crippen LogP contribution in [0.1, 0.15) is 43.6 Å². The van der Waals surface area contributed by atoms with Crippen molar-refractivity contribution in [1.82, 2.24) is 9.88 Å². The van der Waals surface area contributed by atoms with Gasteiger partial charge in [0.1, 0.15) is 0 Å². The summed E-state index contributed by atoms with van der Waals surface area (Å²) < 4.78 is 29.2. The molecule has 0 saturated carbocycles. The molecule has 0 N–H and O–H groups in total. The molecule has 1 amide bonds. The molecule has 206 valence electrons. The third-order valence-corrected chi connectivity index (χ3v) is 9.84. The van der Waals surface area contributed by atoms with Gasteiger partial charge in [0.05, 0.1) is 20.8 Å². The third kappa shape index (κ3) is 6.32. The van der Waals surface area contributed by atoms with E-state index < -0.39 is 10.0 Å².